The highest BCUT2D eigenvalue weighted by Gasteiger charge is 2.37. The van der Waals surface area contributed by atoms with Gasteiger partial charge in [0.05, 0.1) is 12.7 Å². The normalized spacial score (nSPS) is 34.8. The zero-order valence-electron chi connectivity index (χ0n) is 13.2. The van der Waals surface area contributed by atoms with Crippen LogP contribution in [0.3, 0.4) is 0 Å². The Morgan fingerprint density at radius 2 is 2.20 bits per heavy atom. The van der Waals surface area contributed by atoms with Gasteiger partial charge in [-0.1, -0.05) is 6.92 Å². The van der Waals surface area contributed by atoms with Crippen molar-refractivity contribution in [3.63, 3.8) is 0 Å². The third-order valence-electron chi connectivity index (χ3n) is 5.01. The van der Waals surface area contributed by atoms with E-state index in [1.165, 1.54) is 25.7 Å². The molecule has 4 heteroatoms. The van der Waals surface area contributed by atoms with Crippen molar-refractivity contribution in [2.75, 3.05) is 33.4 Å². The SMILES string of the molecule is CCCNC1(CO)CCCC(N(C)CC2CCCO2)C1. The Kier molecular flexibility index (Phi) is 6.27. The maximum atomic E-state index is 9.85. The molecular weight excluding hydrogens is 252 g/mol. The Bertz CT molecular complexity index is 282. The van der Waals surface area contributed by atoms with E-state index in [0.29, 0.717) is 12.1 Å². The minimum absolute atomic E-state index is 0.0519. The first-order valence-electron chi connectivity index (χ1n) is 8.37. The van der Waals surface area contributed by atoms with Gasteiger partial charge in [0.2, 0.25) is 0 Å². The molecule has 2 fully saturated rings. The molecule has 1 aliphatic heterocycles. The third-order valence-corrected chi connectivity index (χ3v) is 5.01. The van der Waals surface area contributed by atoms with Gasteiger partial charge in [-0.2, -0.15) is 0 Å². The van der Waals surface area contributed by atoms with Crippen LogP contribution < -0.4 is 5.32 Å². The Labute approximate surface area is 123 Å². The van der Waals surface area contributed by atoms with Crippen LogP contribution in [-0.2, 0) is 4.74 Å². The quantitative estimate of drug-likeness (QED) is 0.748. The number of hydrogen-bond donors (Lipinski definition) is 2. The highest BCUT2D eigenvalue weighted by Crippen LogP contribution is 2.31. The van der Waals surface area contributed by atoms with E-state index in [2.05, 4.69) is 24.2 Å². The fourth-order valence-corrected chi connectivity index (χ4v) is 3.72. The molecule has 2 N–H and O–H groups in total. The third kappa shape index (κ3) is 4.17. The number of rotatable bonds is 7. The predicted octanol–water partition coefficient (Wildman–Crippen LogP) is 1.77. The van der Waals surface area contributed by atoms with E-state index in [0.717, 1.165) is 39.0 Å². The van der Waals surface area contributed by atoms with Crippen LogP contribution in [0.5, 0.6) is 0 Å². The van der Waals surface area contributed by atoms with Crippen molar-refractivity contribution in [2.24, 2.45) is 0 Å². The molecule has 1 aliphatic carbocycles. The number of likely N-dealkylation sites (N-methyl/N-ethyl adjacent to an activating group) is 1. The molecule has 20 heavy (non-hydrogen) atoms. The molecule has 1 saturated heterocycles. The van der Waals surface area contributed by atoms with Crippen LogP contribution in [0, 0.1) is 0 Å². The van der Waals surface area contributed by atoms with E-state index in [1.54, 1.807) is 0 Å². The summed E-state index contributed by atoms with van der Waals surface area (Å²) in [5.74, 6) is 0. The van der Waals surface area contributed by atoms with Crippen LogP contribution in [0.4, 0.5) is 0 Å². The van der Waals surface area contributed by atoms with Gasteiger partial charge in [-0.25, -0.2) is 0 Å². The summed E-state index contributed by atoms with van der Waals surface area (Å²) >= 11 is 0. The zero-order chi connectivity index (χ0) is 14.4. The first-order valence-corrected chi connectivity index (χ1v) is 8.37. The van der Waals surface area contributed by atoms with Gasteiger partial charge < -0.3 is 20.1 Å². The molecule has 4 nitrogen and oxygen atoms in total. The molecule has 1 heterocycles. The molecule has 0 aromatic carbocycles. The number of aliphatic hydroxyl groups excluding tert-OH is 1. The topological polar surface area (TPSA) is 44.7 Å². The minimum atomic E-state index is -0.0519. The summed E-state index contributed by atoms with van der Waals surface area (Å²) in [6, 6.07) is 0.574. The molecule has 0 spiro atoms. The molecule has 0 radical (unpaired) electrons. The highest BCUT2D eigenvalue weighted by molar-refractivity contribution is 4.96. The molecule has 0 aromatic rings. The number of hydrogen-bond acceptors (Lipinski definition) is 4. The van der Waals surface area contributed by atoms with E-state index in [4.69, 9.17) is 4.74 Å². The van der Waals surface area contributed by atoms with Gasteiger partial charge in [0, 0.05) is 24.7 Å². The lowest BCUT2D eigenvalue weighted by molar-refractivity contribution is 0.0340. The minimum Gasteiger partial charge on any atom is -0.394 e. The van der Waals surface area contributed by atoms with Crippen molar-refractivity contribution in [3.8, 4) is 0 Å². The van der Waals surface area contributed by atoms with Crippen LogP contribution in [0.15, 0.2) is 0 Å². The van der Waals surface area contributed by atoms with Gasteiger partial charge in [-0.05, 0) is 58.5 Å². The fourth-order valence-electron chi connectivity index (χ4n) is 3.72. The first kappa shape index (κ1) is 16.2. The summed E-state index contributed by atoms with van der Waals surface area (Å²) in [4.78, 5) is 2.47. The van der Waals surface area contributed by atoms with Crippen LogP contribution in [0.25, 0.3) is 0 Å². The van der Waals surface area contributed by atoms with E-state index < -0.39 is 0 Å². The largest absolute Gasteiger partial charge is 0.394 e. The Morgan fingerprint density at radius 1 is 1.35 bits per heavy atom. The zero-order valence-corrected chi connectivity index (χ0v) is 13.2. The average molecular weight is 284 g/mol. The van der Waals surface area contributed by atoms with Gasteiger partial charge in [-0.3, -0.25) is 0 Å². The molecule has 2 rings (SSSR count). The number of nitrogens with zero attached hydrogens (tertiary/aromatic N) is 1. The van der Waals surface area contributed by atoms with Crippen LogP contribution in [-0.4, -0.2) is 61.0 Å². The smallest absolute Gasteiger partial charge is 0.0702 e. The lowest BCUT2D eigenvalue weighted by atomic mass is 9.78. The van der Waals surface area contributed by atoms with Crippen LogP contribution in [0.2, 0.25) is 0 Å². The summed E-state index contributed by atoms with van der Waals surface area (Å²) in [6.07, 6.45) is 8.59. The van der Waals surface area contributed by atoms with E-state index >= 15 is 0 Å². The predicted molar refractivity (Wildman–Crippen MR) is 82.0 cm³/mol. The van der Waals surface area contributed by atoms with Crippen molar-refractivity contribution in [1.29, 1.82) is 0 Å². The van der Waals surface area contributed by atoms with Crippen molar-refractivity contribution in [3.05, 3.63) is 0 Å². The van der Waals surface area contributed by atoms with E-state index in [1.807, 2.05) is 0 Å². The fraction of sp³-hybridized carbons (Fsp3) is 1.00. The average Bonchev–Trinajstić information content (AvgIpc) is 2.98. The molecule has 2 aliphatic rings. The maximum Gasteiger partial charge on any atom is 0.0702 e. The Hall–Kier alpha value is -0.160. The molecule has 0 bridgehead atoms. The van der Waals surface area contributed by atoms with Crippen molar-refractivity contribution < 1.29 is 9.84 Å². The second-order valence-corrected chi connectivity index (χ2v) is 6.69. The van der Waals surface area contributed by atoms with Gasteiger partial charge in [0.1, 0.15) is 0 Å². The second kappa shape index (κ2) is 7.74. The molecule has 3 unspecified atom stereocenters. The molecule has 0 amide bonds. The molecule has 1 saturated carbocycles. The molecule has 3 atom stereocenters. The maximum absolute atomic E-state index is 9.85. The van der Waals surface area contributed by atoms with Crippen LogP contribution in [0.1, 0.15) is 51.9 Å². The van der Waals surface area contributed by atoms with Crippen molar-refractivity contribution >= 4 is 0 Å². The van der Waals surface area contributed by atoms with E-state index in [9.17, 15) is 5.11 Å². The number of ether oxygens (including phenoxy) is 1. The van der Waals surface area contributed by atoms with Crippen molar-refractivity contribution in [2.45, 2.75) is 69.6 Å². The van der Waals surface area contributed by atoms with Gasteiger partial charge in [0.25, 0.3) is 0 Å². The Morgan fingerprint density at radius 3 is 2.85 bits per heavy atom. The molecule has 0 aromatic heterocycles. The summed E-state index contributed by atoms with van der Waals surface area (Å²) in [5.41, 5.74) is -0.0519. The number of nitrogens with one attached hydrogen (secondary N) is 1. The highest BCUT2D eigenvalue weighted by atomic mass is 16.5. The summed E-state index contributed by atoms with van der Waals surface area (Å²) in [6.45, 7) is 5.42. The first-order chi connectivity index (χ1) is 9.69. The summed E-state index contributed by atoms with van der Waals surface area (Å²) < 4.78 is 5.75. The lowest BCUT2D eigenvalue weighted by Crippen LogP contribution is -2.56. The second-order valence-electron chi connectivity index (χ2n) is 6.69. The number of aliphatic hydroxyl groups is 1. The van der Waals surface area contributed by atoms with Gasteiger partial charge in [0.15, 0.2) is 0 Å². The van der Waals surface area contributed by atoms with Gasteiger partial charge in [-0.15, -0.1) is 0 Å². The molecular formula is C16H32N2O2. The summed E-state index contributed by atoms with van der Waals surface area (Å²) in [7, 11) is 2.22. The standard InChI is InChI=1S/C16H32N2O2/c1-3-9-17-16(13-19)8-4-6-14(11-16)18(2)12-15-7-5-10-20-15/h14-15,17,19H,3-13H2,1-2H3. The molecule has 118 valence electrons. The van der Waals surface area contributed by atoms with Crippen molar-refractivity contribution in [1.82, 2.24) is 10.2 Å². The Balaban J connectivity index is 1.87. The van der Waals surface area contributed by atoms with Gasteiger partial charge >= 0.3 is 0 Å². The monoisotopic (exact) mass is 284 g/mol. The lowest BCUT2D eigenvalue weighted by Gasteiger charge is -2.44. The van der Waals surface area contributed by atoms with E-state index in [-0.39, 0.29) is 12.1 Å². The summed E-state index contributed by atoms with van der Waals surface area (Å²) in [5, 5.41) is 13.5. The van der Waals surface area contributed by atoms with Crippen LogP contribution >= 0.6 is 0 Å².